The van der Waals surface area contributed by atoms with Crippen LogP contribution in [0, 0.1) is 16.0 Å². The number of rotatable bonds is 6. The van der Waals surface area contributed by atoms with E-state index in [2.05, 4.69) is 21.2 Å². The van der Waals surface area contributed by atoms with Crippen LogP contribution in [0.15, 0.2) is 81.0 Å². The first-order valence-corrected chi connectivity index (χ1v) is 15.8. The summed E-state index contributed by atoms with van der Waals surface area (Å²) in [5.41, 5.74) is 1.16. The van der Waals surface area contributed by atoms with Gasteiger partial charge in [0.2, 0.25) is 17.7 Å². The molecule has 0 aliphatic carbocycles. The third-order valence-corrected chi connectivity index (χ3v) is 11.0. The van der Waals surface area contributed by atoms with Crippen LogP contribution >= 0.6 is 62.2 Å². The second-order valence-corrected chi connectivity index (χ2v) is 13.5. The Hall–Kier alpha value is -3.49. The van der Waals surface area contributed by atoms with Gasteiger partial charge in [-0.15, -0.1) is 0 Å². The maximum absolute atomic E-state index is 13.9. The minimum Gasteiger partial charge on any atom is -0.324 e. The summed E-state index contributed by atoms with van der Waals surface area (Å²) >= 11 is 17.5. The zero-order chi connectivity index (χ0) is 30.6. The van der Waals surface area contributed by atoms with Gasteiger partial charge in [-0.3, -0.25) is 33.9 Å². The number of anilines is 2. The molecule has 1 fully saturated rings. The van der Waals surface area contributed by atoms with E-state index in [4.69, 9.17) is 23.2 Å². The first-order valence-electron chi connectivity index (χ1n) is 12.6. The molecule has 218 valence electrons. The number of aromatic nitrogens is 1. The van der Waals surface area contributed by atoms with Crippen LogP contribution in [0.5, 0.6) is 0 Å². The molecule has 2 aliphatic rings. The van der Waals surface area contributed by atoms with Crippen molar-refractivity contribution >= 4 is 97.0 Å². The number of amides is 3. The van der Waals surface area contributed by atoms with E-state index in [1.54, 1.807) is 6.07 Å². The summed E-state index contributed by atoms with van der Waals surface area (Å²) in [4.78, 5) is 65.9. The van der Waals surface area contributed by atoms with Gasteiger partial charge in [-0.05, 0) is 48.0 Å². The Morgan fingerprint density at radius 1 is 0.977 bits per heavy atom. The number of carbonyl (C=O) groups excluding carboxylic acids is 3. The minimum atomic E-state index is -0.901. The zero-order valence-electron chi connectivity index (χ0n) is 21.5. The van der Waals surface area contributed by atoms with Crippen molar-refractivity contribution in [3.05, 3.63) is 111 Å². The molecule has 2 aliphatic heterocycles. The van der Waals surface area contributed by atoms with Gasteiger partial charge in [0, 0.05) is 33.1 Å². The van der Waals surface area contributed by atoms with E-state index in [9.17, 15) is 29.3 Å². The molecule has 3 unspecified atom stereocenters. The number of fused-ring (bicyclic) bond motifs is 2. The summed E-state index contributed by atoms with van der Waals surface area (Å²) in [5, 5.41) is 14.0. The maximum Gasteiger partial charge on any atom is 0.308 e. The predicted molar refractivity (Wildman–Crippen MR) is 168 cm³/mol. The van der Waals surface area contributed by atoms with Crippen LogP contribution in [-0.2, 0) is 20.9 Å². The lowest BCUT2D eigenvalue weighted by molar-refractivity contribution is -0.384. The molecular formula is C28H17BrCl2N4O6S2. The predicted octanol–water partition coefficient (Wildman–Crippen LogP) is 6.32. The molecule has 3 amide bonds. The number of halogens is 3. The number of carbonyl (C=O) groups is 3. The SMILES string of the molecule is O=C(Cn1c2c(sc1=O)C(c1ccc(Br)cc1)C1C(=O)N(c3ccc([N+](=O)[O-])cc3)C(=O)C1S2)Nc1ccc(Cl)c(Cl)c1. The summed E-state index contributed by atoms with van der Waals surface area (Å²) in [6.45, 7) is -0.337. The smallest absolute Gasteiger partial charge is 0.308 e. The number of imide groups is 1. The first-order chi connectivity index (χ1) is 20.5. The fraction of sp³-hybridized carbons (Fsp3) is 0.143. The third kappa shape index (κ3) is 5.40. The van der Waals surface area contributed by atoms with Crippen molar-refractivity contribution in [3.63, 3.8) is 0 Å². The van der Waals surface area contributed by atoms with Crippen molar-refractivity contribution in [2.75, 3.05) is 10.2 Å². The molecular weight excluding hydrogens is 703 g/mol. The third-order valence-electron chi connectivity index (χ3n) is 7.10. The molecule has 4 aromatic rings. The molecule has 3 atom stereocenters. The molecule has 1 aromatic heterocycles. The Kier molecular flexibility index (Phi) is 7.94. The van der Waals surface area contributed by atoms with Crippen molar-refractivity contribution in [1.29, 1.82) is 0 Å². The molecule has 15 heteroatoms. The number of non-ortho nitro benzene ring substituents is 1. The van der Waals surface area contributed by atoms with E-state index in [0.717, 1.165) is 38.0 Å². The van der Waals surface area contributed by atoms with Crippen LogP contribution in [-0.4, -0.2) is 32.5 Å². The lowest BCUT2D eigenvalue weighted by atomic mass is 9.83. The number of nitro benzene ring substituents is 1. The number of benzene rings is 3. The van der Waals surface area contributed by atoms with E-state index < -0.39 is 44.6 Å². The second-order valence-electron chi connectivity index (χ2n) is 9.68. The fourth-order valence-corrected chi connectivity index (χ4v) is 8.52. The van der Waals surface area contributed by atoms with Crippen molar-refractivity contribution in [3.8, 4) is 0 Å². The number of nitrogens with zero attached hydrogens (tertiary/aromatic N) is 3. The molecule has 10 nitrogen and oxygen atoms in total. The average molecular weight is 720 g/mol. The number of thiazole rings is 1. The van der Waals surface area contributed by atoms with Crippen molar-refractivity contribution in [2.45, 2.75) is 22.7 Å². The monoisotopic (exact) mass is 718 g/mol. The molecule has 43 heavy (non-hydrogen) atoms. The summed E-state index contributed by atoms with van der Waals surface area (Å²) < 4.78 is 2.12. The number of hydrogen-bond donors (Lipinski definition) is 1. The molecule has 3 aromatic carbocycles. The summed E-state index contributed by atoms with van der Waals surface area (Å²) in [6, 6.07) is 17.1. The van der Waals surface area contributed by atoms with Crippen LogP contribution < -0.4 is 15.1 Å². The van der Waals surface area contributed by atoms with E-state index in [1.807, 2.05) is 24.3 Å². The minimum absolute atomic E-state index is 0.173. The molecule has 0 bridgehead atoms. The van der Waals surface area contributed by atoms with E-state index in [1.165, 1.54) is 41.0 Å². The van der Waals surface area contributed by atoms with Crippen LogP contribution in [0.3, 0.4) is 0 Å². The highest BCUT2D eigenvalue weighted by Gasteiger charge is 2.56. The Morgan fingerprint density at radius 2 is 1.67 bits per heavy atom. The highest BCUT2D eigenvalue weighted by molar-refractivity contribution is 9.10. The van der Waals surface area contributed by atoms with Gasteiger partial charge in [0.1, 0.15) is 11.8 Å². The van der Waals surface area contributed by atoms with E-state index in [-0.39, 0.29) is 22.9 Å². The average Bonchev–Trinajstić information content (AvgIpc) is 3.41. The van der Waals surface area contributed by atoms with Crippen LogP contribution in [0.1, 0.15) is 16.4 Å². The molecule has 0 spiro atoms. The summed E-state index contributed by atoms with van der Waals surface area (Å²) in [7, 11) is 0. The fourth-order valence-electron chi connectivity index (χ4n) is 5.18. The Labute approximate surface area is 269 Å². The maximum atomic E-state index is 13.9. The molecule has 1 saturated heterocycles. The number of hydrogen-bond acceptors (Lipinski definition) is 8. The van der Waals surface area contributed by atoms with Crippen molar-refractivity contribution in [1.82, 2.24) is 4.57 Å². The Bertz CT molecular complexity index is 1880. The normalized spacial score (nSPS) is 19.2. The number of thioether (sulfide) groups is 1. The Morgan fingerprint density at radius 3 is 2.33 bits per heavy atom. The van der Waals surface area contributed by atoms with Gasteiger partial charge in [0.15, 0.2) is 0 Å². The van der Waals surface area contributed by atoms with E-state index >= 15 is 0 Å². The number of nitrogens with one attached hydrogen (secondary N) is 1. The number of nitro groups is 1. The zero-order valence-corrected chi connectivity index (χ0v) is 26.3. The van der Waals surface area contributed by atoms with E-state index in [0.29, 0.717) is 20.6 Å². The summed E-state index contributed by atoms with van der Waals surface area (Å²) in [6.07, 6.45) is 0. The van der Waals surface area contributed by atoms with Gasteiger partial charge in [0.25, 0.3) is 5.69 Å². The molecule has 1 N–H and O–H groups in total. The lowest BCUT2D eigenvalue weighted by Crippen LogP contribution is -2.33. The van der Waals surface area contributed by atoms with Gasteiger partial charge in [-0.25, -0.2) is 4.90 Å². The van der Waals surface area contributed by atoms with Crippen LogP contribution in [0.4, 0.5) is 17.1 Å². The quantitative estimate of drug-likeness (QED) is 0.140. The van der Waals surface area contributed by atoms with Gasteiger partial charge in [-0.1, -0.05) is 74.4 Å². The summed E-state index contributed by atoms with van der Waals surface area (Å²) in [5.74, 6) is -2.97. The van der Waals surface area contributed by atoms with Crippen molar-refractivity contribution in [2.24, 2.45) is 5.92 Å². The van der Waals surface area contributed by atoms with Gasteiger partial charge >= 0.3 is 4.87 Å². The van der Waals surface area contributed by atoms with Gasteiger partial charge < -0.3 is 5.32 Å². The Balaban J connectivity index is 1.39. The second kappa shape index (κ2) is 11.5. The molecule has 6 rings (SSSR count). The standard InChI is InChI=1S/C28H17BrCl2N4O6S2/c29-14-3-1-13(2-4-14)21-22-23(26(38)34(25(22)37)16-6-8-17(9-7-16)35(40)41)42-27-24(21)43-28(39)33(27)12-20(36)32-15-5-10-18(30)19(31)11-15/h1-11,21-23H,12H2,(H,32,36). The molecule has 0 saturated carbocycles. The molecule has 0 radical (unpaired) electrons. The highest BCUT2D eigenvalue weighted by atomic mass is 79.9. The van der Waals surface area contributed by atoms with Crippen LogP contribution in [0.2, 0.25) is 10.0 Å². The van der Waals surface area contributed by atoms with Gasteiger partial charge in [-0.2, -0.15) is 0 Å². The first kappa shape index (κ1) is 29.6. The van der Waals surface area contributed by atoms with Crippen LogP contribution in [0.25, 0.3) is 0 Å². The largest absolute Gasteiger partial charge is 0.324 e. The highest BCUT2D eigenvalue weighted by Crippen LogP contribution is 2.54. The van der Waals surface area contributed by atoms with Crippen molar-refractivity contribution < 1.29 is 19.3 Å². The topological polar surface area (TPSA) is 132 Å². The lowest BCUT2D eigenvalue weighted by Gasteiger charge is -2.30. The molecule has 3 heterocycles. The van der Waals surface area contributed by atoms with Gasteiger partial charge in [0.05, 0.1) is 31.6 Å².